The van der Waals surface area contributed by atoms with E-state index in [0.29, 0.717) is 13.0 Å². The molecule has 0 radical (unpaired) electrons. The molecule has 0 aliphatic carbocycles. The number of methoxy groups -OCH3 is 1. The van der Waals surface area contributed by atoms with Gasteiger partial charge in [0.05, 0.1) is 18.1 Å². The van der Waals surface area contributed by atoms with Crippen molar-refractivity contribution in [3.8, 4) is 5.75 Å². The minimum atomic E-state index is -0.0738. The fraction of sp³-hybridized carbons (Fsp3) is 0.400. The van der Waals surface area contributed by atoms with E-state index >= 15 is 0 Å². The van der Waals surface area contributed by atoms with Crippen molar-refractivity contribution >= 4 is 28.5 Å². The van der Waals surface area contributed by atoms with Crippen molar-refractivity contribution in [1.82, 2.24) is 14.5 Å². The van der Waals surface area contributed by atoms with Crippen LogP contribution in [0.5, 0.6) is 5.75 Å². The van der Waals surface area contributed by atoms with Crippen LogP contribution < -0.4 is 9.64 Å². The first-order valence-electron chi connectivity index (χ1n) is 11.3. The van der Waals surface area contributed by atoms with Crippen molar-refractivity contribution in [2.45, 2.75) is 38.1 Å². The van der Waals surface area contributed by atoms with Crippen molar-refractivity contribution in [1.29, 1.82) is 0 Å². The lowest BCUT2D eigenvalue weighted by atomic mass is 10.1. The third-order valence-corrected chi connectivity index (χ3v) is 6.54. The molecule has 1 aromatic heterocycles. The molecule has 1 atom stereocenters. The van der Waals surface area contributed by atoms with E-state index in [4.69, 9.17) is 9.72 Å². The van der Waals surface area contributed by atoms with Crippen LogP contribution in [0.15, 0.2) is 48.5 Å². The van der Waals surface area contributed by atoms with Gasteiger partial charge >= 0.3 is 0 Å². The first-order chi connectivity index (χ1) is 15.6. The number of hydrogen-bond acceptors (Lipinski definition) is 4. The topological polar surface area (TPSA) is 67.7 Å². The molecule has 0 bridgehead atoms. The largest absolute Gasteiger partial charge is 0.497 e. The van der Waals surface area contributed by atoms with Gasteiger partial charge in [0.1, 0.15) is 18.1 Å². The Labute approximate surface area is 187 Å². The molecule has 2 saturated heterocycles. The number of carbonyl (C=O) groups excluding carboxylic acids is 2. The van der Waals surface area contributed by atoms with Gasteiger partial charge in [-0.05, 0) is 43.5 Å². The first kappa shape index (κ1) is 20.5. The summed E-state index contributed by atoms with van der Waals surface area (Å²) in [5.74, 6) is 1.65. The van der Waals surface area contributed by atoms with Gasteiger partial charge in [-0.15, -0.1) is 0 Å². The Morgan fingerprint density at radius 3 is 2.72 bits per heavy atom. The zero-order valence-corrected chi connectivity index (χ0v) is 18.4. The van der Waals surface area contributed by atoms with Gasteiger partial charge < -0.3 is 19.1 Å². The predicted molar refractivity (Wildman–Crippen MR) is 123 cm³/mol. The van der Waals surface area contributed by atoms with Crippen LogP contribution in [0.4, 0.5) is 5.69 Å². The fourth-order valence-corrected chi connectivity index (χ4v) is 4.86. The highest BCUT2D eigenvalue weighted by molar-refractivity contribution is 5.96. The molecule has 166 valence electrons. The number of anilines is 1. The fourth-order valence-electron chi connectivity index (χ4n) is 4.86. The maximum Gasteiger partial charge on any atom is 0.242 e. The number of fused-ring (bicyclic) bond motifs is 1. The summed E-state index contributed by atoms with van der Waals surface area (Å²) in [4.78, 5) is 34.6. The normalized spacial score (nSPS) is 19.0. The summed E-state index contributed by atoms with van der Waals surface area (Å²) in [5.41, 5.74) is 2.63. The summed E-state index contributed by atoms with van der Waals surface area (Å²) >= 11 is 0. The second-order valence-corrected chi connectivity index (χ2v) is 8.59. The van der Waals surface area contributed by atoms with Gasteiger partial charge in [-0.1, -0.05) is 18.2 Å². The second kappa shape index (κ2) is 8.65. The number of benzene rings is 2. The van der Waals surface area contributed by atoms with Gasteiger partial charge in [0.25, 0.3) is 0 Å². The molecular weight excluding hydrogens is 404 g/mol. The van der Waals surface area contributed by atoms with Crippen LogP contribution in [0, 0.1) is 0 Å². The maximum atomic E-state index is 13.1. The molecule has 0 saturated carbocycles. The van der Waals surface area contributed by atoms with Crippen molar-refractivity contribution in [3.63, 3.8) is 0 Å². The quantitative estimate of drug-likeness (QED) is 0.618. The zero-order valence-electron chi connectivity index (χ0n) is 18.4. The van der Waals surface area contributed by atoms with E-state index in [-0.39, 0.29) is 24.3 Å². The van der Waals surface area contributed by atoms with Gasteiger partial charge in [0.2, 0.25) is 11.8 Å². The van der Waals surface area contributed by atoms with Gasteiger partial charge in [-0.3, -0.25) is 9.59 Å². The van der Waals surface area contributed by atoms with E-state index in [0.717, 1.165) is 54.2 Å². The Balaban J connectivity index is 1.45. The highest BCUT2D eigenvalue weighted by Gasteiger charge is 2.35. The monoisotopic (exact) mass is 432 g/mol. The maximum absolute atomic E-state index is 13.1. The number of hydrogen-bond donors (Lipinski definition) is 0. The molecule has 0 N–H and O–H groups in total. The number of piperidine rings is 1. The molecule has 2 fully saturated rings. The molecule has 0 unspecified atom stereocenters. The standard InChI is InChI=1S/C25H28N4O3/c1-32-20-9-7-8-19(15-20)28-16-18(14-23(28)30)25-26-21-10-3-4-11-22(21)29(25)17-24(31)27-12-5-2-6-13-27/h3-4,7-11,15,18H,2,5-6,12-14,16-17H2,1H3/t18-/m0/s1. The highest BCUT2D eigenvalue weighted by Crippen LogP contribution is 2.34. The smallest absolute Gasteiger partial charge is 0.242 e. The molecule has 2 amide bonds. The first-order valence-corrected chi connectivity index (χ1v) is 11.3. The van der Waals surface area contributed by atoms with Gasteiger partial charge in [0, 0.05) is 43.7 Å². The lowest BCUT2D eigenvalue weighted by molar-refractivity contribution is -0.132. The molecule has 2 aromatic carbocycles. The van der Waals surface area contributed by atoms with Crippen molar-refractivity contribution in [2.75, 3.05) is 31.6 Å². The SMILES string of the molecule is COc1cccc(N2C[C@@H](c3nc4ccccc4n3CC(=O)N3CCCCC3)CC2=O)c1. The molecule has 7 heteroatoms. The van der Waals surface area contributed by atoms with E-state index < -0.39 is 0 Å². The Morgan fingerprint density at radius 1 is 1.09 bits per heavy atom. The van der Waals surface area contributed by atoms with Gasteiger partial charge in [-0.25, -0.2) is 4.98 Å². The molecular formula is C25H28N4O3. The van der Waals surface area contributed by atoms with Crippen LogP contribution in [-0.2, 0) is 16.1 Å². The Kier molecular flexibility index (Phi) is 5.55. The molecule has 2 aliphatic heterocycles. The molecule has 0 spiro atoms. The Morgan fingerprint density at radius 2 is 1.91 bits per heavy atom. The molecule has 32 heavy (non-hydrogen) atoms. The number of rotatable bonds is 5. The van der Waals surface area contributed by atoms with Crippen LogP contribution in [0.1, 0.15) is 37.4 Å². The van der Waals surface area contributed by atoms with Crippen molar-refractivity contribution in [3.05, 3.63) is 54.4 Å². The van der Waals surface area contributed by atoms with Crippen LogP contribution in [-0.4, -0.2) is 53.0 Å². The van der Waals surface area contributed by atoms with E-state index in [1.54, 1.807) is 12.0 Å². The highest BCUT2D eigenvalue weighted by atomic mass is 16.5. The zero-order chi connectivity index (χ0) is 22.1. The average Bonchev–Trinajstić information content (AvgIpc) is 3.40. The average molecular weight is 433 g/mol. The summed E-state index contributed by atoms with van der Waals surface area (Å²) in [7, 11) is 1.62. The summed E-state index contributed by atoms with van der Waals surface area (Å²) in [6.07, 6.45) is 3.69. The number of carbonyl (C=O) groups is 2. The lowest BCUT2D eigenvalue weighted by Crippen LogP contribution is -2.38. The summed E-state index contributed by atoms with van der Waals surface area (Å²) in [5, 5.41) is 0. The predicted octanol–water partition coefficient (Wildman–Crippen LogP) is 3.58. The van der Waals surface area contributed by atoms with Gasteiger partial charge in [0.15, 0.2) is 0 Å². The Hall–Kier alpha value is -3.35. The third kappa shape index (κ3) is 3.83. The van der Waals surface area contributed by atoms with Crippen molar-refractivity contribution < 1.29 is 14.3 Å². The van der Waals surface area contributed by atoms with Crippen LogP contribution >= 0.6 is 0 Å². The lowest BCUT2D eigenvalue weighted by Gasteiger charge is -2.27. The van der Waals surface area contributed by atoms with E-state index in [9.17, 15) is 9.59 Å². The number of nitrogens with zero attached hydrogens (tertiary/aromatic N) is 4. The summed E-state index contributed by atoms with van der Waals surface area (Å²) in [6.45, 7) is 2.45. The minimum absolute atomic E-state index is 0.0595. The number of para-hydroxylation sites is 2. The van der Waals surface area contributed by atoms with Crippen LogP contribution in [0.2, 0.25) is 0 Å². The molecule has 3 aromatic rings. The number of likely N-dealkylation sites (tertiary alicyclic amines) is 1. The molecule has 2 aliphatic rings. The van der Waals surface area contributed by atoms with E-state index in [1.807, 2.05) is 58.0 Å². The molecule has 7 nitrogen and oxygen atoms in total. The minimum Gasteiger partial charge on any atom is -0.497 e. The summed E-state index contributed by atoms with van der Waals surface area (Å²) < 4.78 is 7.35. The number of ether oxygens (including phenoxy) is 1. The molecule has 5 rings (SSSR count). The van der Waals surface area contributed by atoms with Gasteiger partial charge in [-0.2, -0.15) is 0 Å². The number of amides is 2. The van der Waals surface area contributed by atoms with Crippen LogP contribution in [0.25, 0.3) is 11.0 Å². The van der Waals surface area contributed by atoms with Crippen LogP contribution in [0.3, 0.4) is 0 Å². The third-order valence-electron chi connectivity index (χ3n) is 6.54. The van der Waals surface area contributed by atoms with Crippen molar-refractivity contribution in [2.24, 2.45) is 0 Å². The summed E-state index contributed by atoms with van der Waals surface area (Å²) in [6, 6.07) is 15.5. The number of imidazole rings is 1. The van der Waals surface area contributed by atoms with E-state index in [1.165, 1.54) is 6.42 Å². The Bertz CT molecular complexity index is 1150. The second-order valence-electron chi connectivity index (χ2n) is 8.59. The molecule has 3 heterocycles. The number of aromatic nitrogens is 2. The van der Waals surface area contributed by atoms with E-state index in [2.05, 4.69) is 0 Å².